The van der Waals surface area contributed by atoms with E-state index in [0.717, 1.165) is 71.2 Å². The molecule has 3 aromatic rings. The molecule has 2 aliphatic rings. The van der Waals surface area contributed by atoms with Gasteiger partial charge in [-0.05, 0) is 62.8 Å². The van der Waals surface area contributed by atoms with Crippen molar-refractivity contribution in [3.8, 4) is 11.4 Å². The van der Waals surface area contributed by atoms with E-state index >= 15 is 0 Å². The van der Waals surface area contributed by atoms with Crippen LogP contribution in [0.2, 0.25) is 0 Å². The van der Waals surface area contributed by atoms with Gasteiger partial charge in [0, 0.05) is 36.0 Å². The number of thioether (sulfide) groups is 1. The molecular formula is C27H33N5O2S2. The van der Waals surface area contributed by atoms with Gasteiger partial charge in [-0.1, -0.05) is 48.5 Å². The molecule has 1 N–H and O–H groups in total. The molecule has 36 heavy (non-hydrogen) atoms. The summed E-state index contributed by atoms with van der Waals surface area (Å²) in [5, 5.41) is 14.5. The summed E-state index contributed by atoms with van der Waals surface area (Å²) in [5.41, 5.74) is 4.28. The van der Waals surface area contributed by atoms with Crippen molar-refractivity contribution in [2.75, 3.05) is 24.6 Å². The molecule has 1 saturated heterocycles. The Morgan fingerprint density at radius 1 is 1.19 bits per heavy atom. The minimum Gasteiger partial charge on any atom is -0.316 e. The monoisotopic (exact) mass is 523 g/mol. The fraction of sp³-hybridized carbons (Fsp3) is 0.444. The van der Waals surface area contributed by atoms with Crippen LogP contribution in [0.25, 0.3) is 22.3 Å². The van der Waals surface area contributed by atoms with Crippen LogP contribution < -0.4 is 5.32 Å². The third kappa shape index (κ3) is 5.01. The Morgan fingerprint density at radius 3 is 2.89 bits per heavy atom. The largest absolute Gasteiger partial charge is 0.316 e. The number of pyridine rings is 1. The molecule has 0 saturated carbocycles. The van der Waals surface area contributed by atoms with Crippen molar-refractivity contribution in [3.05, 3.63) is 58.7 Å². The summed E-state index contributed by atoms with van der Waals surface area (Å²) < 4.78 is 27.0. The molecule has 1 aliphatic carbocycles. The van der Waals surface area contributed by atoms with Crippen LogP contribution in [0.4, 0.5) is 0 Å². The summed E-state index contributed by atoms with van der Waals surface area (Å²) in [4.78, 5) is 5.17. The van der Waals surface area contributed by atoms with Crippen molar-refractivity contribution in [2.45, 2.75) is 38.3 Å². The number of rotatable bonds is 8. The fourth-order valence-corrected chi connectivity index (χ4v) is 7.17. The van der Waals surface area contributed by atoms with E-state index in [1.807, 2.05) is 44.3 Å². The lowest BCUT2D eigenvalue weighted by atomic mass is 9.79. The number of allylic oxidation sites excluding steroid dienone is 1. The number of fused-ring (bicyclic) bond motifs is 3. The van der Waals surface area contributed by atoms with Gasteiger partial charge < -0.3 is 9.88 Å². The predicted molar refractivity (Wildman–Crippen MR) is 147 cm³/mol. The molecule has 2 aromatic heterocycles. The molecule has 2 unspecified atom stereocenters. The van der Waals surface area contributed by atoms with E-state index in [2.05, 4.69) is 37.2 Å². The predicted octanol–water partition coefficient (Wildman–Crippen LogP) is 4.70. The van der Waals surface area contributed by atoms with E-state index in [1.54, 1.807) is 18.7 Å². The van der Waals surface area contributed by atoms with Crippen LogP contribution in [0.5, 0.6) is 0 Å². The van der Waals surface area contributed by atoms with Gasteiger partial charge in [-0.25, -0.2) is 8.42 Å². The SMILES string of the molecule is CCS(=O)(=O)C1=CC2CNCCC(=C1)C2CCCSc1nnc(-c2cccc3nc(C)ccc23)n1C. The molecule has 1 fully saturated rings. The molecule has 3 heterocycles. The van der Waals surface area contributed by atoms with Crippen LogP contribution in [0.15, 0.2) is 58.1 Å². The van der Waals surface area contributed by atoms with Gasteiger partial charge in [-0.15, -0.1) is 10.2 Å². The summed E-state index contributed by atoms with van der Waals surface area (Å²) in [5.74, 6) is 2.57. The average Bonchev–Trinajstić information content (AvgIpc) is 3.19. The van der Waals surface area contributed by atoms with Crippen LogP contribution in [-0.2, 0) is 16.9 Å². The van der Waals surface area contributed by atoms with Crippen LogP contribution >= 0.6 is 11.8 Å². The molecule has 0 amide bonds. The van der Waals surface area contributed by atoms with E-state index in [9.17, 15) is 8.42 Å². The summed E-state index contributed by atoms with van der Waals surface area (Å²) in [6.45, 7) is 5.46. The van der Waals surface area contributed by atoms with Crippen molar-refractivity contribution in [2.24, 2.45) is 18.9 Å². The zero-order valence-corrected chi connectivity index (χ0v) is 22.7. The number of benzene rings is 1. The topological polar surface area (TPSA) is 89.8 Å². The van der Waals surface area contributed by atoms with Gasteiger partial charge in [0.2, 0.25) is 0 Å². The van der Waals surface area contributed by atoms with Crippen molar-refractivity contribution >= 4 is 32.5 Å². The maximum absolute atomic E-state index is 12.5. The minimum atomic E-state index is -3.17. The van der Waals surface area contributed by atoms with Crippen LogP contribution in [0.3, 0.4) is 0 Å². The van der Waals surface area contributed by atoms with E-state index < -0.39 is 9.84 Å². The third-order valence-electron chi connectivity index (χ3n) is 7.25. The Labute approximate surface area is 217 Å². The number of aromatic nitrogens is 4. The van der Waals surface area contributed by atoms with Gasteiger partial charge in [0.05, 0.1) is 16.2 Å². The first-order valence-corrected chi connectivity index (χ1v) is 15.3. The molecular weight excluding hydrogens is 490 g/mol. The van der Waals surface area contributed by atoms with Crippen molar-refractivity contribution in [1.82, 2.24) is 25.1 Å². The average molecular weight is 524 g/mol. The van der Waals surface area contributed by atoms with Crippen LogP contribution in [-0.4, -0.2) is 52.8 Å². The molecule has 1 aliphatic heterocycles. The van der Waals surface area contributed by atoms with E-state index in [-0.39, 0.29) is 11.7 Å². The molecule has 190 valence electrons. The highest BCUT2D eigenvalue weighted by atomic mass is 32.2. The Hall–Kier alpha value is -2.49. The first-order valence-electron chi connectivity index (χ1n) is 12.6. The Balaban J connectivity index is 1.25. The van der Waals surface area contributed by atoms with Gasteiger partial charge in [0.25, 0.3) is 0 Å². The van der Waals surface area contributed by atoms with Gasteiger partial charge in [0.15, 0.2) is 20.8 Å². The molecule has 1 aromatic carbocycles. The summed E-state index contributed by atoms with van der Waals surface area (Å²) in [7, 11) is -1.16. The number of hydrogen-bond acceptors (Lipinski definition) is 7. The molecule has 7 nitrogen and oxygen atoms in total. The van der Waals surface area contributed by atoms with Crippen LogP contribution in [0.1, 0.15) is 31.9 Å². The highest BCUT2D eigenvalue weighted by Gasteiger charge is 2.31. The van der Waals surface area contributed by atoms with Gasteiger partial charge in [-0.3, -0.25) is 4.98 Å². The quantitative estimate of drug-likeness (QED) is 0.338. The smallest absolute Gasteiger partial charge is 0.191 e. The van der Waals surface area contributed by atoms with Gasteiger partial charge in [0.1, 0.15) is 0 Å². The normalized spacial score (nSPS) is 20.2. The van der Waals surface area contributed by atoms with Crippen LogP contribution in [0, 0.1) is 18.8 Å². The molecule has 9 heteroatoms. The number of aryl methyl sites for hydroxylation is 1. The molecule has 2 atom stereocenters. The van der Waals surface area contributed by atoms with Gasteiger partial charge in [-0.2, -0.15) is 0 Å². The molecule has 2 bridgehead atoms. The fourth-order valence-electron chi connectivity index (χ4n) is 5.25. The maximum Gasteiger partial charge on any atom is 0.191 e. The number of nitrogens with zero attached hydrogens (tertiary/aromatic N) is 4. The van der Waals surface area contributed by atoms with E-state index in [1.165, 1.54) is 5.57 Å². The number of nitrogens with one attached hydrogen (secondary N) is 1. The molecule has 5 rings (SSSR count). The van der Waals surface area contributed by atoms with Crippen molar-refractivity contribution < 1.29 is 8.42 Å². The Bertz CT molecular complexity index is 1440. The summed E-state index contributed by atoms with van der Waals surface area (Å²) in [6.07, 6.45) is 6.94. The maximum atomic E-state index is 12.5. The highest BCUT2D eigenvalue weighted by molar-refractivity contribution is 7.99. The lowest BCUT2D eigenvalue weighted by molar-refractivity contribution is 0.416. The van der Waals surface area contributed by atoms with Crippen molar-refractivity contribution in [1.29, 1.82) is 0 Å². The number of sulfone groups is 1. The van der Waals surface area contributed by atoms with E-state index in [4.69, 9.17) is 0 Å². The standard InChI is InChI=1S/C27H33N5O2S2/c1-4-36(33,34)21-15-19-12-13-28-17-20(16-21)22(19)8-6-14-35-27-31-30-26(32(27)3)24-7-5-9-25-23(24)11-10-18(2)29-25/h5,7,9-11,15-16,20,22,28H,4,6,8,12-14,17H2,1-3H3. The lowest BCUT2D eigenvalue weighted by Gasteiger charge is -2.29. The first-order chi connectivity index (χ1) is 17.4. The summed E-state index contributed by atoms with van der Waals surface area (Å²) in [6, 6.07) is 10.3. The minimum absolute atomic E-state index is 0.151. The second-order valence-electron chi connectivity index (χ2n) is 9.60. The number of hydrogen-bond donors (Lipinski definition) is 1. The van der Waals surface area contributed by atoms with E-state index in [0.29, 0.717) is 10.8 Å². The van der Waals surface area contributed by atoms with Gasteiger partial charge >= 0.3 is 0 Å². The first kappa shape index (κ1) is 25.2. The Kier molecular flexibility index (Phi) is 7.32. The zero-order valence-electron chi connectivity index (χ0n) is 21.1. The second kappa shape index (κ2) is 10.5. The second-order valence-corrected chi connectivity index (χ2v) is 12.9. The highest BCUT2D eigenvalue weighted by Crippen LogP contribution is 2.38. The third-order valence-corrected chi connectivity index (χ3v) is 10.1. The summed E-state index contributed by atoms with van der Waals surface area (Å²) >= 11 is 1.73. The molecule has 0 radical (unpaired) electrons. The van der Waals surface area contributed by atoms with Crippen molar-refractivity contribution in [3.63, 3.8) is 0 Å². The Morgan fingerprint density at radius 2 is 2.06 bits per heavy atom. The zero-order chi connectivity index (χ0) is 25.3. The lowest BCUT2D eigenvalue weighted by Crippen LogP contribution is -2.26. The molecule has 0 spiro atoms.